The number of hydrogen-bond acceptors (Lipinski definition) is 3. The highest BCUT2D eigenvalue weighted by molar-refractivity contribution is 9.10. The van der Waals surface area contributed by atoms with E-state index in [1.165, 1.54) is 0 Å². The van der Waals surface area contributed by atoms with Gasteiger partial charge >= 0.3 is 5.97 Å². The van der Waals surface area contributed by atoms with E-state index in [2.05, 4.69) is 26.0 Å². The SMILES string of the molecule is Cc1cc(C(=O)O)nn1-c1cccc2cc(Br)cnc12. The normalized spacial score (nSPS) is 10.9. The van der Waals surface area contributed by atoms with Crippen LogP contribution >= 0.6 is 15.9 Å². The molecule has 0 atom stereocenters. The Morgan fingerprint density at radius 2 is 2.15 bits per heavy atom. The van der Waals surface area contributed by atoms with Crippen LogP contribution in [0.3, 0.4) is 0 Å². The van der Waals surface area contributed by atoms with Gasteiger partial charge in [0.15, 0.2) is 5.69 Å². The lowest BCUT2D eigenvalue weighted by Crippen LogP contribution is -2.03. The van der Waals surface area contributed by atoms with E-state index in [1.807, 2.05) is 31.2 Å². The summed E-state index contributed by atoms with van der Waals surface area (Å²) in [6, 6.07) is 9.22. The maximum atomic E-state index is 11.0. The maximum absolute atomic E-state index is 11.0. The van der Waals surface area contributed by atoms with Gasteiger partial charge in [0.25, 0.3) is 0 Å². The highest BCUT2D eigenvalue weighted by Gasteiger charge is 2.14. The Bertz CT molecular complexity index is 826. The van der Waals surface area contributed by atoms with Gasteiger partial charge in [-0.2, -0.15) is 5.10 Å². The third-order valence-electron chi connectivity index (χ3n) is 2.99. The van der Waals surface area contributed by atoms with Gasteiger partial charge in [-0.05, 0) is 41.1 Å². The summed E-state index contributed by atoms with van der Waals surface area (Å²) in [7, 11) is 0. The van der Waals surface area contributed by atoms with E-state index >= 15 is 0 Å². The van der Waals surface area contributed by atoms with Gasteiger partial charge in [-0.25, -0.2) is 9.48 Å². The minimum absolute atomic E-state index is 0.0246. The zero-order valence-electron chi connectivity index (χ0n) is 10.5. The summed E-state index contributed by atoms with van der Waals surface area (Å²) in [5.74, 6) is -1.04. The van der Waals surface area contributed by atoms with E-state index in [4.69, 9.17) is 5.11 Å². The fourth-order valence-corrected chi connectivity index (χ4v) is 2.46. The molecule has 0 bridgehead atoms. The lowest BCUT2D eigenvalue weighted by Gasteiger charge is -2.07. The van der Waals surface area contributed by atoms with E-state index < -0.39 is 5.97 Å². The zero-order valence-corrected chi connectivity index (χ0v) is 12.1. The van der Waals surface area contributed by atoms with Crippen LogP contribution in [0.1, 0.15) is 16.2 Å². The molecule has 3 aromatic rings. The largest absolute Gasteiger partial charge is 0.476 e. The monoisotopic (exact) mass is 331 g/mol. The number of carboxylic acids is 1. The van der Waals surface area contributed by atoms with Gasteiger partial charge in [0.05, 0.1) is 11.2 Å². The Hall–Kier alpha value is -2.21. The summed E-state index contributed by atoms with van der Waals surface area (Å²) in [6.07, 6.45) is 1.71. The highest BCUT2D eigenvalue weighted by atomic mass is 79.9. The van der Waals surface area contributed by atoms with Crippen molar-refractivity contribution in [2.24, 2.45) is 0 Å². The molecule has 0 aliphatic carbocycles. The Balaban J connectivity index is 2.27. The van der Waals surface area contributed by atoms with Crippen LogP contribution in [-0.4, -0.2) is 25.8 Å². The van der Waals surface area contributed by atoms with Gasteiger partial charge in [0, 0.05) is 21.7 Å². The molecule has 0 aliphatic rings. The summed E-state index contributed by atoms with van der Waals surface area (Å²) >= 11 is 3.39. The molecule has 1 N–H and O–H groups in total. The first-order valence-corrected chi connectivity index (χ1v) is 6.70. The van der Waals surface area contributed by atoms with Crippen molar-refractivity contribution in [3.8, 4) is 5.69 Å². The number of benzene rings is 1. The van der Waals surface area contributed by atoms with E-state index in [-0.39, 0.29) is 5.69 Å². The van der Waals surface area contributed by atoms with Crippen LogP contribution in [0.2, 0.25) is 0 Å². The van der Waals surface area contributed by atoms with E-state index in [9.17, 15) is 4.79 Å². The molecule has 0 spiro atoms. The molecule has 0 saturated heterocycles. The minimum Gasteiger partial charge on any atom is -0.476 e. The average Bonchev–Trinajstić information content (AvgIpc) is 2.80. The second-order valence-corrected chi connectivity index (χ2v) is 5.31. The van der Waals surface area contributed by atoms with Crippen molar-refractivity contribution in [2.45, 2.75) is 6.92 Å². The molecule has 5 nitrogen and oxygen atoms in total. The van der Waals surface area contributed by atoms with Crippen LogP contribution in [0.15, 0.2) is 41.0 Å². The number of carbonyl (C=O) groups is 1. The topological polar surface area (TPSA) is 68.0 Å². The summed E-state index contributed by atoms with van der Waals surface area (Å²) in [6.45, 7) is 1.82. The first-order valence-electron chi connectivity index (χ1n) is 5.91. The van der Waals surface area contributed by atoms with Crippen LogP contribution in [0.5, 0.6) is 0 Å². The molecule has 3 rings (SSSR count). The Morgan fingerprint density at radius 3 is 2.85 bits per heavy atom. The number of aryl methyl sites for hydroxylation is 1. The Labute approximate surface area is 123 Å². The van der Waals surface area contributed by atoms with Crippen LogP contribution in [0, 0.1) is 6.92 Å². The second-order valence-electron chi connectivity index (χ2n) is 4.39. The van der Waals surface area contributed by atoms with Crippen LogP contribution in [0.4, 0.5) is 0 Å². The van der Waals surface area contributed by atoms with Crippen LogP contribution in [-0.2, 0) is 0 Å². The standard InChI is InChI=1S/C14H10BrN3O2/c1-8-5-11(14(19)20)17-18(8)12-4-2-3-9-6-10(15)7-16-13(9)12/h2-7H,1H3,(H,19,20). The molecule has 0 radical (unpaired) electrons. The lowest BCUT2D eigenvalue weighted by molar-refractivity contribution is 0.0690. The van der Waals surface area contributed by atoms with Gasteiger partial charge < -0.3 is 5.11 Å². The van der Waals surface area contributed by atoms with Crippen LogP contribution in [0.25, 0.3) is 16.6 Å². The van der Waals surface area contributed by atoms with Crippen molar-refractivity contribution < 1.29 is 9.90 Å². The number of halogens is 1. The van der Waals surface area contributed by atoms with Gasteiger partial charge in [-0.1, -0.05) is 12.1 Å². The number of nitrogens with zero attached hydrogens (tertiary/aromatic N) is 3. The fourth-order valence-electron chi connectivity index (χ4n) is 2.11. The first kappa shape index (κ1) is 12.8. The maximum Gasteiger partial charge on any atom is 0.356 e. The first-order chi connectivity index (χ1) is 9.56. The van der Waals surface area contributed by atoms with Crippen molar-refractivity contribution in [3.63, 3.8) is 0 Å². The molecule has 0 aliphatic heterocycles. The molecule has 0 saturated carbocycles. The Morgan fingerprint density at radius 1 is 1.35 bits per heavy atom. The number of fused-ring (bicyclic) bond motifs is 1. The number of pyridine rings is 1. The molecular weight excluding hydrogens is 322 g/mol. The van der Waals surface area contributed by atoms with Crippen molar-refractivity contribution in [3.05, 3.63) is 52.4 Å². The smallest absolute Gasteiger partial charge is 0.356 e. The quantitative estimate of drug-likeness (QED) is 0.783. The number of rotatable bonds is 2. The summed E-state index contributed by atoms with van der Waals surface area (Å²) < 4.78 is 2.50. The van der Waals surface area contributed by atoms with Gasteiger partial charge in [-0.3, -0.25) is 4.98 Å². The molecule has 0 unspecified atom stereocenters. The number of aromatic carboxylic acids is 1. The second kappa shape index (κ2) is 4.72. The molecule has 20 heavy (non-hydrogen) atoms. The van der Waals surface area contributed by atoms with E-state index in [0.29, 0.717) is 0 Å². The predicted octanol–water partition coefficient (Wildman–Crippen LogP) is 3.19. The lowest BCUT2D eigenvalue weighted by atomic mass is 10.2. The van der Waals surface area contributed by atoms with Crippen molar-refractivity contribution in [1.82, 2.24) is 14.8 Å². The number of para-hydroxylation sites is 1. The number of hydrogen-bond donors (Lipinski definition) is 1. The summed E-state index contributed by atoms with van der Waals surface area (Å²) in [5, 5.41) is 14.1. The third-order valence-corrected chi connectivity index (χ3v) is 3.42. The number of carboxylic acid groups (broad SMARTS) is 1. The van der Waals surface area contributed by atoms with Crippen LogP contribution < -0.4 is 0 Å². The molecule has 2 heterocycles. The van der Waals surface area contributed by atoms with Crippen molar-refractivity contribution >= 4 is 32.8 Å². The van der Waals surface area contributed by atoms with Crippen molar-refractivity contribution in [1.29, 1.82) is 0 Å². The third kappa shape index (κ3) is 2.08. The fraction of sp³-hybridized carbons (Fsp3) is 0.0714. The molecule has 6 heteroatoms. The molecule has 0 amide bonds. The predicted molar refractivity (Wildman–Crippen MR) is 78.3 cm³/mol. The minimum atomic E-state index is -1.04. The molecule has 100 valence electrons. The molecular formula is C14H10BrN3O2. The van der Waals surface area contributed by atoms with Crippen molar-refractivity contribution in [2.75, 3.05) is 0 Å². The number of aromatic nitrogens is 3. The van der Waals surface area contributed by atoms with Gasteiger partial charge in [0.2, 0.25) is 0 Å². The molecule has 1 aromatic carbocycles. The van der Waals surface area contributed by atoms with E-state index in [0.717, 1.165) is 26.8 Å². The summed E-state index contributed by atoms with van der Waals surface area (Å²) in [5.41, 5.74) is 2.31. The van der Waals surface area contributed by atoms with E-state index in [1.54, 1.807) is 16.9 Å². The zero-order chi connectivity index (χ0) is 14.3. The molecule has 2 aromatic heterocycles. The van der Waals surface area contributed by atoms with Gasteiger partial charge in [0.1, 0.15) is 0 Å². The van der Waals surface area contributed by atoms with Gasteiger partial charge in [-0.15, -0.1) is 0 Å². The molecule has 0 fully saturated rings. The summed E-state index contributed by atoms with van der Waals surface area (Å²) in [4.78, 5) is 15.4. The Kier molecular flexibility index (Phi) is 3.02. The average molecular weight is 332 g/mol. The highest BCUT2D eigenvalue weighted by Crippen LogP contribution is 2.24.